The quantitative estimate of drug-likeness (QED) is 0.180. The van der Waals surface area contributed by atoms with E-state index in [9.17, 15) is 9.36 Å². The molecular weight excluding hydrogens is 407 g/mol. The van der Waals surface area contributed by atoms with E-state index in [4.69, 9.17) is 0 Å². The van der Waals surface area contributed by atoms with E-state index in [-0.39, 0.29) is 5.78 Å². The largest absolute Gasteiger partial charge is 0.309 e. The highest BCUT2D eigenvalue weighted by molar-refractivity contribution is 7.87. The van der Waals surface area contributed by atoms with Crippen LogP contribution in [-0.2, 0) is 4.57 Å². The van der Waals surface area contributed by atoms with Crippen LogP contribution in [0.1, 0.15) is 43.0 Å². The molecule has 5 rings (SSSR count). The number of hydrogen-bond acceptors (Lipinski definition) is 3. The van der Waals surface area contributed by atoms with Gasteiger partial charge >= 0.3 is 0 Å². The summed E-state index contributed by atoms with van der Waals surface area (Å²) in [6.07, 6.45) is 3.58. The van der Waals surface area contributed by atoms with Crippen molar-refractivity contribution in [3.8, 4) is 10.4 Å². The summed E-state index contributed by atoms with van der Waals surface area (Å²) in [5.41, 5.74) is 1.77. The number of rotatable bonds is 6. The maximum absolute atomic E-state index is 14.9. The summed E-state index contributed by atoms with van der Waals surface area (Å²) < 4.78 is 15.9. The molecule has 0 saturated heterocycles. The molecule has 0 aliphatic carbocycles. The van der Waals surface area contributed by atoms with E-state index in [2.05, 4.69) is 19.1 Å². The summed E-state index contributed by atoms with van der Waals surface area (Å²) in [4.78, 5) is 14.2. The second kappa shape index (κ2) is 7.65. The van der Waals surface area contributed by atoms with Crippen LogP contribution in [0.15, 0.2) is 72.8 Å². The fraction of sp³-hybridized carbons (Fsp3) is 0.192. The summed E-state index contributed by atoms with van der Waals surface area (Å²) in [5, 5.41) is 3.51. The maximum atomic E-state index is 14.9. The highest BCUT2D eigenvalue weighted by Gasteiger charge is 2.43. The van der Waals surface area contributed by atoms with Crippen molar-refractivity contribution in [3.05, 3.63) is 78.4 Å². The molecule has 1 aliphatic heterocycles. The molecule has 30 heavy (non-hydrogen) atoms. The average Bonchev–Trinajstić information content (AvgIpc) is 3.29. The molecule has 0 spiro atoms. The third kappa shape index (κ3) is 2.84. The van der Waals surface area contributed by atoms with Gasteiger partial charge in [-0.1, -0.05) is 86.5 Å². The van der Waals surface area contributed by atoms with Crippen molar-refractivity contribution in [2.45, 2.75) is 32.6 Å². The van der Waals surface area contributed by atoms with Gasteiger partial charge in [-0.2, -0.15) is 0 Å². The van der Waals surface area contributed by atoms with Crippen molar-refractivity contribution >= 4 is 50.3 Å². The van der Waals surface area contributed by atoms with Crippen LogP contribution in [0.5, 0.6) is 0 Å². The molecule has 0 bridgehead atoms. The van der Waals surface area contributed by atoms with E-state index in [0.29, 0.717) is 6.42 Å². The van der Waals surface area contributed by atoms with Crippen LogP contribution in [-0.4, -0.2) is 5.78 Å². The maximum Gasteiger partial charge on any atom is 0.173 e. The summed E-state index contributed by atoms with van der Waals surface area (Å²) in [7, 11) is -3.04. The number of thiophene rings is 1. The van der Waals surface area contributed by atoms with Crippen molar-refractivity contribution < 1.29 is 9.36 Å². The summed E-state index contributed by atoms with van der Waals surface area (Å²) >= 11 is 1.66. The minimum absolute atomic E-state index is 0.158. The van der Waals surface area contributed by atoms with Crippen LogP contribution in [0.3, 0.4) is 0 Å². The molecule has 150 valence electrons. The number of Topliss-reactive ketones (excluding diaryl/α,β-unsaturated/α-hetero) is 1. The molecule has 0 saturated carbocycles. The summed E-state index contributed by atoms with van der Waals surface area (Å²) in [5.74, 6) is 0.158. The van der Waals surface area contributed by atoms with Gasteiger partial charge in [-0.3, -0.25) is 4.79 Å². The lowest BCUT2D eigenvalue weighted by Crippen LogP contribution is -2.21. The van der Waals surface area contributed by atoms with Gasteiger partial charge in [-0.25, -0.2) is 0 Å². The van der Waals surface area contributed by atoms with Gasteiger partial charge in [0.1, 0.15) is 0 Å². The van der Waals surface area contributed by atoms with Crippen LogP contribution in [0.25, 0.3) is 20.5 Å². The Bertz CT molecular complexity index is 1300. The number of carbonyl (C=O) groups is 1. The Balaban J connectivity index is 1.80. The van der Waals surface area contributed by atoms with Gasteiger partial charge in [-0.15, -0.1) is 11.3 Å². The molecule has 0 radical (unpaired) electrons. The Morgan fingerprint density at radius 1 is 0.900 bits per heavy atom. The zero-order valence-corrected chi connectivity index (χ0v) is 18.6. The number of hydrogen-bond donors (Lipinski definition) is 0. The first-order valence-corrected chi connectivity index (χ1v) is 13.0. The van der Waals surface area contributed by atoms with E-state index in [1.54, 1.807) is 11.3 Å². The Hall–Kier alpha value is -2.48. The normalized spacial score (nSPS) is 17.1. The molecule has 3 aromatic carbocycles. The lowest BCUT2D eigenvalue weighted by Gasteiger charge is -2.17. The summed E-state index contributed by atoms with van der Waals surface area (Å²) in [6.45, 7) is 2.14. The van der Waals surface area contributed by atoms with E-state index >= 15 is 0 Å². The monoisotopic (exact) mass is 430 g/mol. The minimum atomic E-state index is -3.04. The molecule has 1 aliphatic rings. The molecule has 1 aromatic heterocycles. The van der Waals surface area contributed by atoms with Crippen LogP contribution < -0.4 is 15.9 Å². The highest BCUT2D eigenvalue weighted by Crippen LogP contribution is 2.56. The van der Waals surface area contributed by atoms with Gasteiger partial charge in [0.2, 0.25) is 0 Å². The van der Waals surface area contributed by atoms with E-state index in [1.807, 2.05) is 60.7 Å². The molecule has 0 amide bonds. The van der Waals surface area contributed by atoms with Crippen LogP contribution >= 0.6 is 18.5 Å². The van der Waals surface area contributed by atoms with Gasteiger partial charge in [0.25, 0.3) is 0 Å². The first-order chi connectivity index (χ1) is 14.7. The first-order valence-electron chi connectivity index (χ1n) is 10.5. The SMILES string of the molecule is CCCCCC(=O)c1cccc2sc3c(c12)P(=O)(c1ccccc1)c1ccccc1-3. The van der Waals surface area contributed by atoms with Crippen LogP contribution in [0, 0.1) is 0 Å². The molecule has 1 unspecified atom stereocenters. The topological polar surface area (TPSA) is 34.1 Å². The molecule has 0 fully saturated rings. The Labute approximate surface area is 181 Å². The molecule has 2 heterocycles. The first kappa shape index (κ1) is 19.5. The number of fused-ring (bicyclic) bond motifs is 5. The zero-order valence-electron chi connectivity index (χ0n) is 16.9. The van der Waals surface area contributed by atoms with Crippen molar-refractivity contribution in [2.24, 2.45) is 0 Å². The van der Waals surface area contributed by atoms with Crippen molar-refractivity contribution in [1.82, 2.24) is 0 Å². The van der Waals surface area contributed by atoms with Gasteiger partial charge in [0.05, 0.1) is 0 Å². The number of ketones is 1. The Morgan fingerprint density at radius 3 is 2.47 bits per heavy atom. The summed E-state index contributed by atoms with van der Waals surface area (Å²) in [6, 6.07) is 23.7. The second-order valence-electron chi connectivity index (χ2n) is 7.80. The van der Waals surface area contributed by atoms with Gasteiger partial charge in [0.15, 0.2) is 12.9 Å². The van der Waals surface area contributed by atoms with Gasteiger partial charge in [0, 0.05) is 48.4 Å². The zero-order chi connectivity index (χ0) is 20.7. The van der Waals surface area contributed by atoms with E-state index < -0.39 is 7.14 Å². The fourth-order valence-corrected chi connectivity index (χ4v) is 9.48. The molecule has 2 nitrogen and oxygen atoms in total. The molecular formula is C26H23O2PS. The van der Waals surface area contributed by atoms with Crippen molar-refractivity contribution in [3.63, 3.8) is 0 Å². The van der Waals surface area contributed by atoms with Crippen molar-refractivity contribution in [1.29, 1.82) is 0 Å². The van der Waals surface area contributed by atoms with Crippen LogP contribution in [0.4, 0.5) is 0 Å². The van der Waals surface area contributed by atoms with E-state index in [1.165, 1.54) is 0 Å². The molecule has 4 aromatic rings. The lowest BCUT2D eigenvalue weighted by atomic mass is 10.0. The van der Waals surface area contributed by atoms with Crippen LogP contribution in [0.2, 0.25) is 0 Å². The average molecular weight is 431 g/mol. The Morgan fingerprint density at radius 2 is 1.67 bits per heavy atom. The van der Waals surface area contributed by atoms with Gasteiger partial charge < -0.3 is 4.57 Å². The standard InChI is InChI=1S/C26H23O2PS/c1-2-3-5-15-21(27)19-14-10-17-23-24(19)25-26(30-23)20-13-8-9-16-22(20)29(25,28)18-11-6-4-7-12-18/h4,6-14,16-17H,2-3,5,15H2,1H3. The number of carbonyl (C=O) groups excluding carboxylic acids is 1. The highest BCUT2D eigenvalue weighted by atomic mass is 32.1. The molecule has 4 heteroatoms. The van der Waals surface area contributed by atoms with Gasteiger partial charge in [-0.05, 0) is 12.5 Å². The second-order valence-corrected chi connectivity index (χ2v) is 11.5. The predicted octanol–water partition coefficient (Wildman–Crippen LogP) is 6.28. The Kier molecular flexibility index (Phi) is 4.97. The number of unbranched alkanes of at least 4 members (excludes halogenated alkanes) is 2. The molecule has 1 atom stereocenters. The lowest BCUT2D eigenvalue weighted by molar-refractivity contribution is 0.0981. The minimum Gasteiger partial charge on any atom is -0.309 e. The third-order valence-corrected chi connectivity index (χ3v) is 10.4. The predicted molar refractivity (Wildman–Crippen MR) is 129 cm³/mol. The fourth-order valence-electron chi connectivity index (χ4n) is 4.48. The smallest absolute Gasteiger partial charge is 0.173 e. The van der Waals surface area contributed by atoms with Crippen molar-refractivity contribution in [2.75, 3.05) is 0 Å². The van der Waals surface area contributed by atoms with E-state index in [0.717, 1.165) is 61.3 Å². The molecule has 0 N–H and O–H groups in total. The third-order valence-electron chi connectivity index (χ3n) is 5.92. The number of benzene rings is 3.